The summed E-state index contributed by atoms with van der Waals surface area (Å²) in [7, 11) is 0. The molecule has 0 aliphatic carbocycles. The highest BCUT2D eigenvalue weighted by atomic mass is 19.4. The van der Waals surface area contributed by atoms with Crippen molar-refractivity contribution in [2.75, 3.05) is 13.1 Å². The SMILES string of the molecule is CC(C)CC1CCN(C(=O)C(F)(F)F)CC1. The summed E-state index contributed by atoms with van der Waals surface area (Å²) in [6.07, 6.45) is -2.29. The predicted molar refractivity (Wildman–Crippen MR) is 54.8 cm³/mol. The van der Waals surface area contributed by atoms with Gasteiger partial charge in [-0.25, -0.2) is 0 Å². The summed E-state index contributed by atoms with van der Waals surface area (Å²) in [5.74, 6) is -0.650. The molecule has 1 saturated heterocycles. The predicted octanol–water partition coefficient (Wildman–Crippen LogP) is 2.83. The fourth-order valence-electron chi connectivity index (χ4n) is 2.22. The second-order valence-electron chi connectivity index (χ2n) is 4.86. The van der Waals surface area contributed by atoms with Gasteiger partial charge in [-0.2, -0.15) is 13.2 Å². The summed E-state index contributed by atoms with van der Waals surface area (Å²) in [5.41, 5.74) is 0. The molecule has 0 saturated carbocycles. The average Bonchev–Trinajstić information content (AvgIpc) is 2.15. The fourth-order valence-corrected chi connectivity index (χ4v) is 2.22. The first kappa shape index (κ1) is 13.3. The van der Waals surface area contributed by atoms with Crippen molar-refractivity contribution < 1.29 is 18.0 Å². The molecule has 16 heavy (non-hydrogen) atoms. The van der Waals surface area contributed by atoms with E-state index in [-0.39, 0.29) is 13.1 Å². The summed E-state index contributed by atoms with van der Waals surface area (Å²) >= 11 is 0. The molecule has 2 nitrogen and oxygen atoms in total. The molecule has 0 spiro atoms. The first-order chi connectivity index (χ1) is 7.30. The minimum absolute atomic E-state index is 0.246. The van der Waals surface area contributed by atoms with Gasteiger partial charge in [-0.15, -0.1) is 0 Å². The van der Waals surface area contributed by atoms with Crippen LogP contribution in [0.4, 0.5) is 13.2 Å². The first-order valence-corrected chi connectivity index (χ1v) is 5.66. The number of piperidine rings is 1. The highest BCUT2D eigenvalue weighted by molar-refractivity contribution is 5.81. The number of alkyl halides is 3. The summed E-state index contributed by atoms with van der Waals surface area (Å²) < 4.78 is 36.4. The Morgan fingerprint density at radius 1 is 1.31 bits per heavy atom. The van der Waals surface area contributed by atoms with E-state index in [1.807, 2.05) is 0 Å². The zero-order valence-electron chi connectivity index (χ0n) is 9.68. The van der Waals surface area contributed by atoms with Crippen molar-refractivity contribution in [3.8, 4) is 0 Å². The Morgan fingerprint density at radius 2 is 1.81 bits per heavy atom. The van der Waals surface area contributed by atoms with Crippen molar-refractivity contribution in [2.24, 2.45) is 11.8 Å². The topological polar surface area (TPSA) is 20.3 Å². The number of carbonyl (C=O) groups is 1. The zero-order valence-corrected chi connectivity index (χ0v) is 9.68. The number of hydrogen-bond donors (Lipinski definition) is 0. The van der Waals surface area contributed by atoms with Gasteiger partial charge in [0.25, 0.3) is 0 Å². The average molecular weight is 237 g/mol. The second-order valence-corrected chi connectivity index (χ2v) is 4.86. The number of rotatable bonds is 2. The van der Waals surface area contributed by atoms with Crippen molar-refractivity contribution in [1.29, 1.82) is 0 Å². The van der Waals surface area contributed by atoms with E-state index in [9.17, 15) is 18.0 Å². The van der Waals surface area contributed by atoms with Crippen molar-refractivity contribution in [3.05, 3.63) is 0 Å². The van der Waals surface area contributed by atoms with Crippen molar-refractivity contribution >= 4 is 5.91 Å². The summed E-state index contributed by atoms with van der Waals surface area (Å²) in [6.45, 7) is 4.70. The third-order valence-corrected chi connectivity index (χ3v) is 2.95. The Morgan fingerprint density at radius 3 is 2.19 bits per heavy atom. The minimum atomic E-state index is -4.72. The molecular formula is C11H18F3NO. The summed E-state index contributed by atoms with van der Waals surface area (Å²) in [6, 6.07) is 0. The molecule has 1 aliphatic rings. The lowest BCUT2D eigenvalue weighted by Gasteiger charge is -2.33. The fraction of sp³-hybridized carbons (Fsp3) is 0.909. The molecule has 0 aromatic carbocycles. The van der Waals surface area contributed by atoms with Crippen LogP contribution in [0.2, 0.25) is 0 Å². The van der Waals surface area contributed by atoms with E-state index in [0.29, 0.717) is 24.7 Å². The molecule has 0 aromatic heterocycles. The monoisotopic (exact) mass is 237 g/mol. The number of likely N-dealkylation sites (tertiary alicyclic amines) is 1. The van der Waals surface area contributed by atoms with Gasteiger partial charge in [0.15, 0.2) is 0 Å². The quantitative estimate of drug-likeness (QED) is 0.723. The lowest BCUT2D eigenvalue weighted by molar-refractivity contribution is -0.186. The molecule has 1 amide bonds. The highest BCUT2D eigenvalue weighted by Crippen LogP contribution is 2.27. The Kier molecular flexibility index (Phi) is 4.21. The van der Waals surface area contributed by atoms with Gasteiger partial charge in [0.05, 0.1) is 0 Å². The van der Waals surface area contributed by atoms with Crippen LogP contribution in [-0.4, -0.2) is 30.1 Å². The van der Waals surface area contributed by atoms with Crippen LogP contribution in [0, 0.1) is 11.8 Å². The summed E-state index contributed by atoms with van der Waals surface area (Å²) in [5, 5.41) is 0. The number of nitrogens with zero attached hydrogens (tertiary/aromatic N) is 1. The summed E-state index contributed by atoms with van der Waals surface area (Å²) in [4.78, 5) is 11.9. The smallest absolute Gasteiger partial charge is 0.335 e. The Balaban J connectivity index is 2.40. The molecule has 0 radical (unpaired) electrons. The van der Waals surface area contributed by atoms with Gasteiger partial charge >= 0.3 is 12.1 Å². The third kappa shape index (κ3) is 3.68. The molecule has 1 aliphatic heterocycles. The molecule has 1 rings (SSSR count). The van der Waals surface area contributed by atoms with Gasteiger partial charge in [-0.3, -0.25) is 4.79 Å². The van der Waals surface area contributed by atoms with Crippen molar-refractivity contribution in [3.63, 3.8) is 0 Å². The van der Waals surface area contributed by atoms with Crippen LogP contribution in [-0.2, 0) is 4.79 Å². The third-order valence-electron chi connectivity index (χ3n) is 2.95. The van der Waals surface area contributed by atoms with Gasteiger partial charge in [0.2, 0.25) is 0 Å². The largest absolute Gasteiger partial charge is 0.471 e. The van der Waals surface area contributed by atoms with E-state index in [0.717, 1.165) is 11.3 Å². The van der Waals surface area contributed by atoms with E-state index in [4.69, 9.17) is 0 Å². The maximum absolute atomic E-state index is 12.1. The van der Waals surface area contributed by atoms with Crippen LogP contribution in [0.5, 0.6) is 0 Å². The maximum atomic E-state index is 12.1. The first-order valence-electron chi connectivity index (χ1n) is 5.66. The number of halogens is 3. The molecule has 0 aromatic rings. The van der Waals surface area contributed by atoms with E-state index >= 15 is 0 Å². The van der Waals surface area contributed by atoms with Crippen LogP contribution in [0.3, 0.4) is 0 Å². The van der Waals surface area contributed by atoms with Crippen LogP contribution < -0.4 is 0 Å². The second kappa shape index (κ2) is 5.06. The molecule has 0 atom stereocenters. The number of carbonyl (C=O) groups excluding carboxylic acids is 1. The highest BCUT2D eigenvalue weighted by Gasteiger charge is 2.43. The van der Waals surface area contributed by atoms with E-state index < -0.39 is 12.1 Å². The van der Waals surface area contributed by atoms with Gasteiger partial charge in [0, 0.05) is 13.1 Å². The van der Waals surface area contributed by atoms with E-state index in [1.54, 1.807) is 0 Å². The Labute approximate surface area is 93.8 Å². The van der Waals surface area contributed by atoms with Gasteiger partial charge in [-0.1, -0.05) is 13.8 Å². The van der Waals surface area contributed by atoms with Gasteiger partial charge in [-0.05, 0) is 31.1 Å². The van der Waals surface area contributed by atoms with Crippen LogP contribution in [0.15, 0.2) is 0 Å². The lowest BCUT2D eigenvalue weighted by atomic mass is 9.88. The number of hydrogen-bond acceptors (Lipinski definition) is 1. The minimum Gasteiger partial charge on any atom is -0.335 e. The van der Waals surface area contributed by atoms with Crippen LogP contribution >= 0.6 is 0 Å². The Hall–Kier alpha value is -0.740. The standard InChI is InChI=1S/C11H18F3NO/c1-8(2)7-9-3-5-15(6-4-9)10(16)11(12,13)14/h8-9H,3-7H2,1-2H3. The Bertz CT molecular complexity index is 242. The molecule has 5 heteroatoms. The van der Waals surface area contributed by atoms with E-state index in [1.165, 1.54) is 0 Å². The van der Waals surface area contributed by atoms with Crippen molar-refractivity contribution in [1.82, 2.24) is 4.90 Å². The van der Waals surface area contributed by atoms with Crippen molar-refractivity contribution in [2.45, 2.75) is 39.3 Å². The van der Waals surface area contributed by atoms with Gasteiger partial charge in [0.1, 0.15) is 0 Å². The van der Waals surface area contributed by atoms with Crippen LogP contribution in [0.25, 0.3) is 0 Å². The van der Waals surface area contributed by atoms with Crippen LogP contribution in [0.1, 0.15) is 33.1 Å². The van der Waals surface area contributed by atoms with Gasteiger partial charge < -0.3 is 4.90 Å². The molecule has 0 N–H and O–H groups in total. The molecule has 0 unspecified atom stereocenters. The maximum Gasteiger partial charge on any atom is 0.471 e. The molecule has 1 heterocycles. The lowest BCUT2D eigenvalue weighted by Crippen LogP contribution is -2.45. The van der Waals surface area contributed by atoms with E-state index in [2.05, 4.69) is 13.8 Å². The number of amides is 1. The zero-order chi connectivity index (χ0) is 12.3. The molecular weight excluding hydrogens is 219 g/mol. The molecule has 0 bridgehead atoms. The molecule has 1 fully saturated rings. The molecule has 94 valence electrons. The normalized spacial score (nSPS) is 19.2.